The molecular weight excluding hydrogens is 184 g/mol. The normalized spacial score (nSPS) is 12.0. The van der Waals surface area contributed by atoms with Gasteiger partial charge in [0, 0.05) is 0 Å². The minimum Gasteiger partial charge on any atom is -0.146 e. The average molecular weight is 199 g/mol. The first-order chi connectivity index (χ1) is 4.56. The maximum atomic E-state index is 5.74. The fourth-order valence-corrected chi connectivity index (χ4v) is 1.23. The Morgan fingerprint density at radius 3 is 2.20 bits per heavy atom. The Kier molecular flexibility index (Phi) is 6.17. The van der Waals surface area contributed by atoms with E-state index in [4.69, 9.17) is 11.6 Å². The summed E-state index contributed by atoms with van der Waals surface area (Å²) in [5, 5.41) is 0. The van der Waals surface area contributed by atoms with Gasteiger partial charge in [0.15, 0.2) is 0 Å². The molecule has 3 heteroatoms. The van der Waals surface area contributed by atoms with Gasteiger partial charge in [0.2, 0.25) is 0 Å². The number of thiol groups is 2. The highest BCUT2D eigenvalue weighted by molar-refractivity contribution is 8.02. The smallest absolute Gasteiger partial charge is 0.129 e. The first-order valence-electron chi connectivity index (χ1n) is 3.70. The zero-order chi connectivity index (χ0) is 8.04. The summed E-state index contributed by atoms with van der Waals surface area (Å²) in [4.78, 5) is 0. The van der Waals surface area contributed by atoms with E-state index in [0.29, 0.717) is 0 Å². The number of rotatable bonds is 5. The van der Waals surface area contributed by atoms with Crippen LogP contribution in [-0.4, -0.2) is 3.54 Å². The van der Waals surface area contributed by atoms with Crippen LogP contribution in [0.1, 0.15) is 39.0 Å². The van der Waals surface area contributed by atoms with E-state index in [2.05, 4.69) is 32.2 Å². The second-order valence-electron chi connectivity index (χ2n) is 2.53. The molecule has 0 atom stereocenters. The molecule has 0 radical (unpaired) electrons. The number of hydrogen-bond acceptors (Lipinski definition) is 2. The predicted octanol–water partition coefficient (Wildman–Crippen LogP) is 3.71. The third-order valence-corrected chi connectivity index (χ3v) is 1.98. The van der Waals surface area contributed by atoms with E-state index in [1.165, 1.54) is 19.3 Å². The standard InChI is InChI=1S/C7H15ClS2/c1-2-3-4-5-6-7(8,9)10/h9-10H,2-6H2,1H3. The van der Waals surface area contributed by atoms with Gasteiger partial charge < -0.3 is 0 Å². The zero-order valence-electron chi connectivity index (χ0n) is 6.31. The van der Waals surface area contributed by atoms with E-state index in [0.717, 1.165) is 12.8 Å². The highest BCUT2D eigenvalue weighted by atomic mass is 35.5. The van der Waals surface area contributed by atoms with Gasteiger partial charge in [-0.1, -0.05) is 37.8 Å². The lowest BCUT2D eigenvalue weighted by atomic mass is 10.2. The van der Waals surface area contributed by atoms with Crippen molar-refractivity contribution in [3.05, 3.63) is 0 Å². The van der Waals surface area contributed by atoms with Crippen LogP contribution in [0.15, 0.2) is 0 Å². The third-order valence-electron chi connectivity index (χ3n) is 1.35. The van der Waals surface area contributed by atoms with Crippen molar-refractivity contribution in [2.75, 3.05) is 0 Å². The van der Waals surface area contributed by atoms with Crippen molar-refractivity contribution >= 4 is 36.9 Å². The minimum atomic E-state index is -0.590. The number of alkyl halides is 1. The molecule has 0 saturated carbocycles. The lowest BCUT2D eigenvalue weighted by molar-refractivity contribution is 0.645. The number of halogens is 1. The molecule has 0 aromatic carbocycles. The maximum Gasteiger partial charge on any atom is 0.129 e. The Balaban J connectivity index is 3.04. The van der Waals surface area contributed by atoms with E-state index < -0.39 is 3.54 Å². The molecule has 0 N–H and O–H groups in total. The SMILES string of the molecule is CCCCCCC(S)(S)Cl. The topological polar surface area (TPSA) is 0 Å². The van der Waals surface area contributed by atoms with Gasteiger partial charge in [-0.15, -0.1) is 25.3 Å². The van der Waals surface area contributed by atoms with Crippen LogP contribution in [0.2, 0.25) is 0 Å². The van der Waals surface area contributed by atoms with Gasteiger partial charge in [-0.2, -0.15) is 0 Å². The molecule has 62 valence electrons. The summed E-state index contributed by atoms with van der Waals surface area (Å²) in [7, 11) is 0. The van der Waals surface area contributed by atoms with Crippen molar-refractivity contribution in [2.45, 2.75) is 42.6 Å². The van der Waals surface area contributed by atoms with E-state index in [-0.39, 0.29) is 0 Å². The van der Waals surface area contributed by atoms with Crippen LogP contribution in [-0.2, 0) is 0 Å². The number of hydrogen-bond donors (Lipinski definition) is 2. The minimum absolute atomic E-state index is 0.590. The molecule has 0 rings (SSSR count). The van der Waals surface area contributed by atoms with E-state index in [9.17, 15) is 0 Å². The van der Waals surface area contributed by atoms with Crippen molar-refractivity contribution in [2.24, 2.45) is 0 Å². The third kappa shape index (κ3) is 8.99. The molecule has 0 amide bonds. The molecular formula is C7H15ClS2. The molecule has 0 saturated heterocycles. The maximum absolute atomic E-state index is 5.74. The van der Waals surface area contributed by atoms with E-state index in [1.807, 2.05) is 0 Å². The molecule has 0 aliphatic heterocycles. The van der Waals surface area contributed by atoms with Crippen molar-refractivity contribution in [3.63, 3.8) is 0 Å². The second-order valence-corrected chi connectivity index (χ2v) is 5.58. The van der Waals surface area contributed by atoms with Crippen LogP contribution in [0.25, 0.3) is 0 Å². The van der Waals surface area contributed by atoms with Crippen molar-refractivity contribution < 1.29 is 0 Å². The first kappa shape index (κ1) is 11.0. The van der Waals surface area contributed by atoms with Crippen LogP contribution in [0.3, 0.4) is 0 Å². The molecule has 0 aliphatic rings. The van der Waals surface area contributed by atoms with Gasteiger partial charge in [-0.3, -0.25) is 0 Å². The van der Waals surface area contributed by atoms with Gasteiger partial charge in [-0.25, -0.2) is 0 Å². The van der Waals surface area contributed by atoms with Gasteiger partial charge in [0.05, 0.1) is 0 Å². The summed E-state index contributed by atoms with van der Waals surface area (Å²) in [6.07, 6.45) is 5.79. The average Bonchev–Trinajstić information content (AvgIpc) is 1.78. The molecule has 0 spiro atoms. The summed E-state index contributed by atoms with van der Waals surface area (Å²) in [6.45, 7) is 2.19. The van der Waals surface area contributed by atoms with Crippen LogP contribution in [0, 0.1) is 0 Å². The number of unbranched alkanes of at least 4 members (excludes halogenated alkanes) is 3. The summed E-state index contributed by atoms with van der Waals surface area (Å²) >= 11 is 13.9. The molecule has 10 heavy (non-hydrogen) atoms. The van der Waals surface area contributed by atoms with Crippen LogP contribution in [0.4, 0.5) is 0 Å². The van der Waals surface area contributed by atoms with E-state index in [1.54, 1.807) is 0 Å². The summed E-state index contributed by atoms with van der Waals surface area (Å²) in [5.74, 6) is 0. The highest BCUT2D eigenvalue weighted by Gasteiger charge is 2.13. The highest BCUT2D eigenvalue weighted by Crippen LogP contribution is 2.30. The molecule has 0 nitrogen and oxygen atoms in total. The Hall–Kier alpha value is 0.990. The Morgan fingerprint density at radius 1 is 1.20 bits per heavy atom. The second kappa shape index (κ2) is 5.62. The molecule has 0 aromatic heterocycles. The fraction of sp³-hybridized carbons (Fsp3) is 1.00. The van der Waals surface area contributed by atoms with Gasteiger partial charge in [0.1, 0.15) is 3.54 Å². The molecule has 0 aromatic rings. The molecule has 0 aliphatic carbocycles. The monoisotopic (exact) mass is 198 g/mol. The Morgan fingerprint density at radius 2 is 1.80 bits per heavy atom. The van der Waals surface area contributed by atoms with Crippen LogP contribution >= 0.6 is 36.9 Å². The Labute approximate surface area is 79.5 Å². The lowest BCUT2D eigenvalue weighted by Crippen LogP contribution is -2.00. The van der Waals surface area contributed by atoms with Crippen LogP contribution in [0.5, 0.6) is 0 Å². The summed E-state index contributed by atoms with van der Waals surface area (Å²) in [6, 6.07) is 0. The largest absolute Gasteiger partial charge is 0.146 e. The molecule has 0 unspecified atom stereocenters. The quantitative estimate of drug-likeness (QED) is 0.286. The van der Waals surface area contributed by atoms with Crippen molar-refractivity contribution in [1.82, 2.24) is 0 Å². The fourth-order valence-electron chi connectivity index (χ4n) is 0.777. The Bertz CT molecular complexity index is 78.2. The van der Waals surface area contributed by atoms with Gasteiger partial charge >= 0.3 is 0 Å². The predicted molar refractivity (Wildman–Crippen MR) is 55.3 cm³/mol. The molecule has 0 fully saturated rings. The van der Waals surface area contributed by atoms with Crippen molar-refractivity contribution in [3.8, 4) is 0 Å². The molecule has 0 bridgehead atoms. The van der Waals surface area contributed by atoms with Crippen molar-refractivity contribution in [1.29, 1.82) is 0 Å². The lowest BCUT2D eigenvalue weighted by Gasteiger charge is -2.12. The van der Waals surface area contributed by atoms with Crippen LogP contribution < -0.4 is 0 Å². The summed E-state index contributed by atoms with van der Waals surface area (Å²) < 4.78 is -0.590. The first-order valence-corrected chi connectivity index (χ1v) is 4.97. The molecule has 0 heterocycles. The van der Waals surface area contributed by atoms with Gasteiger partial charge in [-0.05, 0) is 12.8 Å². The zero-order valence-corrected chi connectivity index (χ0v) is 8.85. The summed E-state index contributed by atoms with van der Waals surface area (Å²) in [5.41, 5.74) is 0. The van der Waals surface area contributed by atoms with E-state index >= 15 is 0 Å². The van der Waals surface area contributed by atoms with Gasteiger partial charge in [0.25, 0.3) is 0 Å².